The van der Waals surface area contributed by atoms with Crippen molar-refractivity contribution in [3.63, 3.8) is 0 Å². The van der Waals surface area contributed by atoms with E-state index in [9.17, 15) is 0 Å². The van der Waals surface area contributed by atoms with Gasteiger partial charge in [0.1, 0.15) is 4.70 Å². The highest BCUT2D eigenvalue weighted by atomic mass is 32.2. The standard InChI is InChI=1S/C30H29N2S2/c1-19-6-8-27-25(14-19)31-12-10-23(29(31)33-27)17-21-4-3-5-22(16-21)18-24-11-13-32-26-15-20(2)7-9-28(26)34-30(24)32/h6-9,14-18H,3-5,10-13H2,1-2H3/q+1. The second kappa shape index (κ2) is 8.00. The van der Waals surface area contributed by atoms with E-state index in [0.717, 1.165) is 25.9 Å². The third kappa shape index (κ3) is 3.42. The number of fused-ring (bicyclic) bond motifs is 6. The lowest BCUT2D eigenvalue weighted by Crippen LogP contribution is -2.30. The molecule has 2 nitrogen and oxygen atoms in total. The topological polar surface area (TPSA) is 7.12 Å². The fraction of sp³-hybridized carbons (Fsp3) is 0.300. The summed E-state index contributed by atoms with van der Waals surface area (Å²) in [6.45, 7) is 6.62. The quantitative estimate of drug-likeness (QED) is 0.344. The second-order valence-corrected chi connectivity index (χ2v) is 12.1. The van der Waals surface area contributed by atoms with E-state index in [-0.39, 0.29) is 0 Å². The van der Waals surface area contributed by atoms with Crippen molar-refractivity contribution >= 4 is 44.6 Å². The SMILES string of the molecule is Cc1ccc2c(c1)N1CCC(/C=C3C=C(/C=C4\CC[n+]5c4sc4ccc(C)cc45)CCC/3)=C1S2. The molecule has 0 fully saturated rings. The van der Waals surface area contributed by atoms with Crippen LogP contribution in [0, 0.1) is 13.8 Å². The van der Waals surface area contributed by atoms with Crippen molar-refractivity contribution in [3.05, 3.63) is 92.5 Å². The van der Waals surface area contributed by atoms with E-state index < -0.39 is 0 Å². The molecule has 0 saturated carbocycles. The van der Waals surface area contributed by atoms with Crippen LogP contribution in [0.1, 0.15) is 48.2 Å². The Morgan fingerprint density at radius 1 is 0.941 bits per heavy atom. The highest BCUT2D eigenvalue weighted by Crippen LogP contribution is 2.51. The first kappa shape index (κ1) is 20.8. The molecule has 0 saturated heterocycles. The highest BCUT2D eigenvalue weighted by Gasteiger charge is 2.32. The lowest BCUT2D eigenvalue weighted by atomic mass is 9.92. The first-order chi connectivity index (χ1) is 16.6. The number of hydrogen-bond acceptors (Lipinski definition) is 3. The Hall–Kier alpha value is -2.56. The van der Waals surface area contributed by atoms with E-state index in [1.165, 1.54) is 83.5 Å². The smallest absolute Gasteiger partial charge is 0.266 e. The van der Waals surface area contributed by atoms with Crippen LogP contribution < -0.4 is 9.47 Å². The first-order valence-corrected chi connectivity index (χ1v) is 14.1. The van der Waals surface area contributed by atoms with E-state index in [2.05, 4.69) is 77.9 Å². The molecule has 0 N–H and O–H groups in total. The number of nitrogens with zero attached hydrogens (tertiary/aromatic N) is 2. The van der Waals surface area contributed by atoms with Gasteiger partial charge in [-0.3, -0.25) is 0 Å². The van der Waals surface area contributed by atoms with Crippen LogP contribution in [0.4, 0.5) is 5.69 Å². The van der Waals surface area contributed by atoms with Gasteiger partial charge in [-0.25, -0.2) is 0 Å². The van der Waals surface area contributed by atoms with Crippen LogP contribution in [0.3, 0.4) is 0 Å². The maximum Gasteiger partial charge on any atom is 0.266 e. The predicted molar refractivity (Wildman–Crippen MR) is 145 cm³/mol. The zero-order valence-corrected chi connectivity index (χ0v) is 21.5. The summed E-state index contributed by atoms with van der Waals surface area (Å²) in [5, 5.41) is 2.92. The van der Waals surface area contributed by atoms with Gasteiger partial charge in [0.25, 0.3) is 5.01 Å². The maximum atomic E-state index is 2.54. The molecule has 170 valence electrons. The van der Waals surface area contributed by atoms with Gasteiger partial charge in [-0.1, -0.05) is 47.4 Å². The van der Waals surface area contributed by atoms with Crippen LogP contribution in [-0.2, 0) is 6.54 Å². The summed E-state index contributed by atoms with van der Waals surface area (Å²) in [5.74, 6) is 0. The van der Waals surface area contributed by atoms with Crippen LogP contribution in [0.25, 0.3) is 15.8 Å². The predicted octanol–water partition coefficient (Wildman–Crippen LogP) is 7.86. The van der Waals surface area contributed by atoms with Crippen LogP contribution in [-0.4, -0.2) is 6.54 Å². The molecular weight excluding hydrogens is 452 g/mol. The van der Waals surface area contributed by atoms with Gasteiger partial charge < -0.3 is 4.90 Å². The number of aryl methyl sites for hydroxylation is 3. The van der Waals surface area contributed by atoms with Crippen molar-refractivity contribution < 1.29 is 4.57 Å². The van der Waals surface area contributed by atoms with E-state index in [1.807, 2.05) is 23.1 Å². The highest BCUT2D eigenvalue weighted by molar-refractivity contribution is 8.03. The number of thioether (sulfide) groups is 1. The Labute approximate surface area is 210 Å². The van der Waals surface area contributed by atoms with Crippen molar-refractivity contribution in [1.82, 2.24) is 0 Å². The minimum absolute atomic E-state index is 1.12. The summed E-state index contributed by atoms with van der Waals surface area (Å²) in [7, 11) is 0. The van der Waals surface area contributed by atoms with Gasteiger partial charge in [0.05, 0.1) is 10.7 Å². The van der Waals surface area contributed by atoms with Gasteiger partial charge in [-0.15, -0.1) is 0 Å². The average Bonchev–Trinajstić information content (AvgIpc) is 3.57. The molecule has 3 aromatic rings. The molecule has 0 spiro atoms. The van der Waals surface area contributed by atoms with Crippen molar-refractivity contribution in [2.75, 3.05) is 11.4 Å². The maximum absolute atomic E-state index is 2.54. The van der Waals surface area contributed by atoms with E-state index >= 15 is 0 Å². The van der Waals surface area contributed by atoms with Gasteiger partial charge in [0, 0.05) is 29.5 Å². The summed E-state index contributed by atoms with van der Waals surface area (Å²) in [5.41, 5.74) is 11.6. The molecule has 0 unspecified atom stereocenters. The summed E-state index contributed by atoms with van der Waals surface area (Å²) in [6, 6.07) is 13.7. The van der Waals surface area contributed by atoms with Gasteiger partial charge in [0.15, 0.2) is 6.54 Å². The van der Waals surface area contributed by atoms with Crippen molar-refractivity contribution in [1.29, 1.82) is 0 Å². The van der Waals surface area contributed by atoms with Crippen molar-refractivity contribution in [2.24, 2.45) is 0 Å². The van der Waals surface area contributed by atoms with E-state index in [4.69, 9.17) is 0 Å². The molecule has 4 heterocycles. The van der Waals surface area contributed by atoms with Gasteiger partial charge >= 0.3 is 0 Å². The van der Waals surface area contributed by atoms with Gasteiger partial charge in [-0.05, 0) is 91.7 Å². The van der Waals surface area contributed by atoms with Crippen LogP contribution in [0.2, 0.25) is 0 Å². The Balaban J connectivity index is 1.20. The third-order valence-electron chi connectivity index (χ3n) is 7.49. The van der Waals surface area contributed by atoms with Crippen LogP contribution >= 0.6 is 23.1 Å². The Bertz CT molecular complexity index is 1480. The number of thiazole rings is 1. The molecule has 0 bridgehead atoms. The number of rotatable bonds is 2. The van der Waals surface area contributed by atoms with Gasteiger partial charge in [-0.2, -0.15) is 4.57 Å². The molecule has 1 aromatic heterocycles. The largest absolute Gasteiger partial charge is 0.334 e. The lowest BCUT2D eigenvalue weighted by molar-refractivity contribution is -0.659. The van der Waals surface area contributed by atoms with Crippen molar-refractivity contribution in [2.45, 2.75) is 57.4 Å². The summed E-state index contributed by atoms with van der Waals surface area (Å²) in [6.07, 6.45) is 13.5. The minimum Gasteiger partial charge on any atom is -0.334 e. The van der Waals surface area contributed by atoms with E-state index in [0.29, 0.717) is 0 Å². The normalized spacial score (nSPS) is 21.6. The number of benzene rings is 2. The zero-order valence-electron chi connectivity index (χ0n) is 19.9. The fourth-order valence-electron chi connectivity index (χ4n) is 5.81. The third-order valence-corrected chi connectivity index (χ3v) is 9.98. The monoisotopic (exact) mass is 481 g/mol. The molecule has 4 heteroatoms. The number of hydrogen-bond donors (Lipinski definition) is 0. The molecule has 0 atom stereocenters. The summed E-state index contributed by atoms with van der Waals surface area (Å²) < 4.78 is 3.95. The average molecular weight is 482 g/mol. The molecule has 0 amide bonds. The van der Waals surface area contributed by atoms with E-state index in [1.54, 1.807) is 0 Å². The summed E-state index contributed by atoms with van der Waals surface area (Å²) >= 11 is 3.92. The molecule has 4 aliphatic rings. The van der Waals surface area contributed by atoms with Crippen LogP contribution in [0.15, 0.2) is 81.3 Å². The Morgan fingerprint density at radius 3 is 2.76 bits per heavy atom. The second-order valence-electron chi connectivity index (χ2n) is 10.0. The summed E-state index contributed by atoms with van der Waals surface area (Å²) in [4.78, 5) is 3.95. The molecule has 2 aromatic carbocycles. The Kier molecular flexibility index (Phi) is 4.89. The molecule has 1 aliphatic carbocycles. The van der Waals surface area contributed by atoms with Crippen LogP contribution in [0.5, 0.6) is 0 Å². The fourth-order valence-corrected chi connectivity index (χ4v) is 8.23. The molecule has 7 rings (SSSR count). The number of anilines is 1. The zero-order chi connectivity index (χ0) is 22.8. The molecular formula is C30H29N2S2+. The van der Waals surface area contributed by atoms with Gasteiger partial charge in [0.2, 0.25) is 5.52 Å². The molecule has 34 heavy (non-hydrogen) atoms. The Morgan fingerprint density at radius 2 is 1.82 bits per heavy atom. The minimum atomic E-state index is 1.12. The number of allylic oxidation sites excluding steroid dienone is 6. The molecule has 3 aliphatic heterocycles. The molecule has 0 radical (unpaired) electrons. The first-order valence-electron chi connectivity index (χ1n) is 12.5. The van der Waals surface area contributed by atoms with Crippen molar-refractivity contribution in [3.8, 4) is 0 Å². The number of aromatic nitrogens is 1. The lowest BCUT2D eigenvalue weighted by Gasteiger charge is -2.14.